The lowest BCUT2D eigenvalue weighted by molar-refractivity contribution is -0.115. The number of anilines is 3. The van der Waals surface area contributed by atoms with Gasteiger partial charge in [0.25, 0.3) is 0 Å². The lowest BCUT2D eigenvalue weighted by atomic mass is 10.1. The highest BCUT2D eigenvalue weighted by atomic mass is 35.5. The first-order valence-electron chi connectivity index (χ1n) is 10.6. The molecule has 2 aliphatic heterocycles. The number of nitrogens with zero attached hydrogens (tertiary/aromatic N) is 3. The summed E-state index contributed by atoms with van der Waals surface area (Å²) in [4.78, 5) is 21.4. The molecule has 3 aromatic rings. The summed E-state index contributed by atoms with van der Waals surface area (Å²) in [6.45, 7) is 4.04. The Labute approximate surface area is 202 Å². The lowest BCUT2D eigenvalue weighted by Crippen LogP contribution is -2.44. The second-order valence-electron chi connectivity index (χ2n) is 8.78. The molecule has 0 unspecified atom stereocenters. The number of sulfonamides is 1. The van der Waals surface area contributed by atoms with E-state index < -0.39 is 15.6 Å². The van der Waals surface area contributed by atoms with Gasteiger partial charge in [0.05, 0.1) is 34.8 Å². The third-order valence-electron chi connectivity index (χ3n) is 5.76. The van der Waals surface area contributed by atoms with Crippen molar-refractivity contribution in [3.8, 4) is 11.3 Å². The molecule has 2 N–H and O–H groups in total. The highest BCUT2D eigenvalue weighted by Crippen LogP contribution is 2.35. The number of hydrogen-bond donors (Lipinski definition) is 2. The van der Waals surface area contributed by atoms with Crippen LogP contribution < -0.4 is 10.6 Å². The molecule has 1 fully saturated rings. The number of benzene rings is 2. The first-order chi connectivity index (χ1) is 16.1. The maximum atomic E-state index is 13.0. The minimum absolute atomic E-state index is 0.0301. The normalized spacial score (nSPS) is 17.4. The second kappa shape index (κ2) is 8.31. The van der Waals surface area contributed by atoms with Gasteiger partial charge < -0.3 is 15.4 Å². The third kappa shape index (κ3) is 4.14. The second-order valence-corrected chi connectivity index (χ2v) is 11.1. The molecule has 176 valence electrons. The number of ether oxygens (including phenoxy) is 1. The largest absolute Gasteiger partial charge is 0.363 e. The molecule has 1 aromatic heterocycles. The fourth-order valence-electron chi connectivity index (χ4n) is 4.01. The molecule has 34 heavy (non-hydrogen) atoms. The number of amides is 1. The predicted octanol–water partition coefficient (Wildman–Crippen LogP) is 3.79. The smallest absolute Gasteiger partial charge is 0.245 e. The Morgan fingerprint density at radius 1 is 1.18 bits per heavy atom. The standard InChI is InChI=1S/C23H22ClN5O4S/c1-23(2)12-33-13-29(23)34(31,32)17-6-4-16(5-7-17)26-22-25-11-14-9-20(30)27-19-10-15(24)3-8-18(19)21(14)28-22/h3-8,10-11H,9,12-13H2,1-2H3,(H,27,30)(H,25,26,28). The Kier molecular flexibility index (Phi) is 5.56. The quantitative estimate of drug-likeness (QED) is 0.561. The number of nitrogens with one attached hydrogen (secondary N) is 2. The van der Waals surface area contributed by atoms with E-state index in [1.807, 2.05) is 19.9 Å². The van der Waals surface area contributed by atoms with Crippen LogP contribution in [0.15, 0.2) is 53.6 Å². The van der Waals surface area contributed by atoms with E-state index in [0.717, 1.165) is 5.56 Å². The molecule has 0 saturated carbocycles. The zero-order valence-electron chi connectivity index (χ0n) is 18.5. The average molecular weight is 500 g/mol. The molecular weight excluding hydrogens is 478 g/mol. The van der Waals surface area contributed by atoms with Crippen LogP contribution in [0.5, 0.6) is 0 Å². The molecule has 5 rings (SSSR count). The van der Waals surface area contributed by atoms with Crippen molar-refractivity contribution in [2.75, 3.05) is 24.0 Å². The Balaban J connectivity index is 1.42. The summed E-state index contributed by atoms with van der Waals surface area (Å²) in [5, 5.41) is 6.46. The SMILES string of the molecule is CC1(C)COCN1S(=O)(=O)c1ccc(Nc2ncc3c(n2)-c2ccc(Cl)cc2NC(=O)C3)cc1. The molecule has 2 aliphatic rings. The van der Waals surface area contributed by atoms with Crippen LogP contribution in [0.25, 0.3) is 11.3 Å². The zero-order chi connectivity index (χ0) is 24.1. The molecule has 0 radical (unpaired) electrons. The summed E-state index contributed by atoms with van der Waals surface area (Å²) in [6, 6.07) is 11.6. The van der Waals surface area contributed by atoms with Gasteiger partial charge in [-0.2, -0.15) is 4.31 Å². The number of halogens is 1. The van der Waals surface area contributed by atoms with Crippen molar-refractivity contribution in [1.82, 2.24) is 14.3 Å². The molecule has 1 saturated heterocycles. The number of hydrogen-bond acceptors (Lipinski definition) is 7. The fourth-order valence-corrected chi connectivity index (χ4v) is 5.83. The van der Waals surface area contributed by atoms with Gasteiger partial charge in [0.2, 0.25) is 21.9 Å². The molecule has 0 atom stereocenters. The summed E-state index contributed by atoms with van der Waals surface area (Å²) in [7, 11) is -3.69. The number of aromatic nitrogens is 2. The molecule has 0 bridgehead atoms. The van der Waals surface area contributed by atoms with Crippen LogP contribution in [0.4, 0.5) is 17.3 Å². The van der Waals surface area contributed by atoms with Crippen LogP contribution in [0.2, 0.25) is 5.02 Å². The van der Waals surface area contributed by atoms with E-state index in [-0.39, 0.29) is 24.0 Å². The maximum Gasteiger partial charge on any atom is 0.245 e. The van der Waals surface area contributed by atoms with Crippen molar-refractivity contribution >= 4 is 44.9 Å². The van der Waals surface area contributed by atoms with Crippen LogP contribution in [-0.4, -0.2) is 47.5 Å². The van der Waals surface area contributed by atoms with Crippen molar-refractivity contribution in [3.63, 3.8) is 0 Å². The first-order valence-corrected chi connectivity index (χ1v) is 12.4. The lowest BCUT2D eigenvalue weighted by Gasteiger charge is -2.28. The number of carbonyl (C=O) groups is 1. The van der Waals surface area contributed by atoms with Crippen LogP contribution in [0.3, 0.4) is 0 Å². The molecule has 1 amide bonds. The minimum Gasteiger partial charge on any atom is -0.363 e. The zero-order valence-corrected chi connectivity index (χ0v) is 20.1. The van der Waals surface area contributed by atoms with Crippen molar-refractivity contribution in [2.24, 2.45) is 0 Å². The van der Waals surface area contributed by atoms with Crippen molar-refractivity contribution in [3.05, 3.63) is 59.2 Å². The van der Waals surface area contributed by atoms with E-state index in [1.165, 1.54) is 16.4 Å². The van der Waals surface area contributed by atoms with Gasteiger partial charge in [-0.25, -0.2) is 18.4 Å². The Morgan fingerprint density at radius 3 is 2.65 bits per heavy atom. The van der Waals surface area contributed by atoms with Gasteiger partial charge in [-0.3, -0.25) is 4.79 Å². The van der Waals surface area contributed by atoms with Gasteiger partial charge in [0.1, 0.15) is 6.73 Å². The fraction of sp³-hybridized carbons (Fsp3) is 0.261. The molecular formula is C23H22ClN5O4S. The molecule has 2 aromatic carbocycles. The highest BCUT2D eigenvalue weighted by Gasteiger charge is 2.42. The minimum atomic E-state index is -3.69. The molecule has 0 spiro atoms. The summed E-state index contributed by atoms with van der Waals surface area (Å²) in [6.07, 6.45) is 1.76. The van der Waals surface area contributed by atoms with Gasteiger partial charge in [0.15, 0.2) is 0 Å². The van der Waals surface area contributed by atoms with Gasteiger partial charge in [0, 0.05) is 28.0 Å². The molecule has 0 aliphatic carbocycles. The molecule has 11 heteroatoms. The topological polar surface area (TPSA) is 114 Å². The van der Waals surface area contributed by atoms with Gasteiger partial charge >= 0.3 is 0 Å². The van der Waals surface area contributed by atoms with E-state index in [1.54, 1.807) is 30.5 Å². The van der Waals surface area contributed by atoms with Crippen LogP contribution in [0, 0.1) is 0 Å². The summed E-state index contributed by atoms with van der Waals surface area (Å²) < 4.78 is 32.8. The Bertz CT molecular complexity index is 1390. The number of rotatable bonds is 4. The van der Waals surface area contributed by atoms with E-state index >= 15 is 0 Å². The Morgan fingerprint density at radius 2 is 1.94 bits per heavy atom. The highest BCUT2D eigenvalue weighted by molar-refractivity contribution is 7.89. The predicted molar refractivity (Wildman–Crippen MR) is 128 cm³/mol. The van der Waals surface area contributed by atoms with Crippen LogP contribution in [-0.2, 0) is 26.0 Å². The average Bonchev–Trinajstić information content (AvgIpc) is 3.08. The Hall–Kier alpha value is -3.05. The number of carbonyl (C=O) groups excluding carboxylic acids is 1. The van der Waals surface area contributed by atoms with E-state index in [0.29, 0.717) is 40.2 Å². The van der Waals surface area contributed by atoms with Gasteiger partial charge in [-0.05, 0) is 56.3 Å². The maximum absolute atomic E-state index is 13.0. The first kappa shape index (κ1) is 22.7. The van der Waals surface area contributed by atoms with Crippen LogP contribution in [0.1, 0.15) is 19.4 Å². The molecule has 3 heterocycles. The summed E-state index contributed by atoms with van der Waals surface area (Å²) in [5.74, 6) is 0.147. The monoisotopic (exact) mass is 499 g/mol. The van der Waals surface area contributed by atoms with Gasteiger partial charge in [-0.1, -0.05) is 11.6 Å². The van der Waals surface area contributed by atoms with Crippen molar-refractivity contribution in [2.45, 2.75) is 30.7 Å². The van der Waals surface area contributed by atoms with Crippen molar-refractivity contribution in [1.29, 1.82) is 0 Å². The van der Waals surface area contributed by atoms with E-state index in [9.17, 15) is 13.2 Å². The number of fused-ring (bicyclic) bond motifs is 3. The van der Waals surface area contributed by atoms with E-state index in [2.05, 4.69) is 20.6 Å². The van der Waals surface area contributed by atoms with Gasteiger partial charge in [-0.15, -0.1) is 0 Å². The van der Waals surface area contributed by atoms with Crippen LogP contribution >= 0.6 is 11.6 Å². The summed E-state index contributed by atoms with van der Waals surface area (Å²) in [5.41, 5.74) is 2.66. The molecule has 9 nitrogen and oxygen atoms in total. The van der Waals surface area contributed by atoms with Crippen molar-refractivity contribution < 1.29 is 17.9 Å². The van der Waals surface area contributed by atoms with E-state index in [4.69, 9.17) is 16.3 Å². The summed E-state index contributed by atoms with van der Waals surface area (Å²) >= 11 is 6.10. The third-order valence-corrected chi connectivity index (χ3v) is 8.05.